The van der Waals surface area contributed by atoms with Crippen LogP contribution >= 0.6 is 0 Å². The van der Waals surface area contributed by atoms with Crippen LogP contribution in [0, 0.1) is 0 Å². The molecule has 1 fully saturated rings. The van der Waals surface area contributed by atoms with Gasteiger partial charge in [0.1, 0.15) is 11.4 Å². The molecule has 0 heterocycles. The molecule has 0 radical (unpaired) electrons. The highest BCUT2D eigenvalue weighted by molar-refractivity contribution is 5.40. The van der Waals surface area contributed by atoms with Crippen molar-refractivity contribution in [3.8, 4) is 5.75 Å². The van der Waals surface area contributed by atoms with Gasteiger partial charge in [-0.05, 0) is 19.9 Å². The van der Waals surface area contributed by atoms with Gasteiger partial charge in [0.15, 0.2) is 0 Å². The van der Waals surface area contributed by atoms with Crippen molar-refractivity contribution in [2.24, 2.45) is 5.73 Å². The van der Waals surface area contributed by atoms with Gasteiger partial charge in [-0.2, -0.15) is 0 Å². The Morgan fingerprint density at radius 2 is 2.00 bits per heavy atom. The Morgan fingerprint density at radius 1 is 1.38 bits per heavy atom. The summed E-state index contributed by atoms with van der Waals surface area (Å²) in [5, 5.41) is 0. The first kappa shape index (κ1) is 11.4. The molecule has 1 aromatic rings. The van der Waals surface area contributed by atoms with E-state index in [4.69, 9.17) is 10.5 Å². The van der Waals surface area contributed by atoms with Gasteiger partial charge in [-0.15, -0.1) is 0 Å². The fourth-order valence-corrected chi connectivity index (χ4v) is 2.18. The maximum absolute atomic E-state index is 14.4. The van der Waals surface area contributed by atoms with Crippen LogP contribution in [0.25, 0.3) is 0 Å². The van der Waals surface area contributed by atoms with Gasteiger partial charge in [0.25, 0.3) is 0 Å². The van der Waals surface area contributed by atoms with Crippen LogP contribution in [-0.4, -0.2) is 12.1 Å². The van der Waals surface area contributed by atoms with E-state index >= 15 is 0 Å². The van der Waals surface area contributed by atoms with E-state index in [2.05, 4.69) is 0 Å². The summed E-state index contributed by atoms with van der Waals surface area (Å²) in [5.74, 6) is 0.645. The van der Waals surface area contributed by atoms with Crippen LogP contribution in [0.5, 0.6) is 5.75 Å². The number of hydrogen-bond donors (Lipinski definition) is 1. The molecule has 2 N–H and O–H groups in total. The Hall–Kier alpha value is -1.09. The molecule has 0 aliphatic heterocycles. The minimum atomic E-state index is -1.29. The molecule has 1 aromatic carbocycles. The number of hydrogen-bond acceptors (Lipinski definition) is 2. The summed E-state index contributed by atoms with van der Waals surface area (Å²) in [4.78, 5) is 0. The minimum Gasteiger partial charge on any atom is -0.491 e. The zero-order valence-electron chi connectivity index (χ0n) is 9.74. The third-order valence-corrected chi connectivity index (χ3v) is 2.90. The number of rotatable bonds is 3. The number of ether oxygens (including phenoxy) is 1. The SMILES string of the molecule is CC(C)Oc1ccccc1C1(F)CC(N)C1. The van der Waals surface area contributed by atoms with Crippen molar-refractivity contribution in [3.05, 3.63) is 29.8 Å². The zero-order chi connectivity index (χ0) is 11.8. The fraction of sp³-hybridized carbons (Fsp3) is 0.538. The Labute approximate surface area is 95.6 Å². The van der Waals surface area contributed by atoms with Crippen molar-refractivity contribution in [1.29, 1.82) is 0 Å². The summed E-state index contributed by atoms with van der Waals surface area (Å²) in [5.41, 5.74) is 5.02. The summed E-state index contributed by atoms with van der Waals surface area (Å²) >= 11 is 0. The summed E-state index contributed by atoms with van der Waals surface area (Å²) in [7, 11) is 0. The Bertz CT molecular complexity index is 372. The third kappa shape index (κ3) is 2.05. The average Bonchev–Trinajstić information content (AvgIpc) is 2.15. The van der Waals surface area contributed by atoms with Crippen molar-refractivity contribution in [2.75, 3.05) is 0 Å². The monoisotopic (exact) mass is 223 g/mol. The molecule has 0 spiro atoms. The maximum Gasteiger partial charge on any atom is 0.142 e. The highest BCUT2D eigenvalue weighted by Crippen LogP contribution is 2.47. The largest absolute Gasteiger partial charge is 0.491 e. The van der Waals surface area contributed by atoms with Gasteiger partial charge in [0, 0.05) is 24.4 Å². The van der Waals surface area contributed by atoms with E-state index in [1.807, 2.05) is 32.0 Å². The predicted octanol–water partition coefficient (Wildman–Crippen LogP) is 2.76. The first-order valence-electron chi connectivity index (χ1n) is 5.72. The third-order valence-electron chi connectivity index (χ3n) is 2.90. The van der Waals surface area contributed by atoms with Gasteiger partial charge >= 0.3 is 0 Å². The van der Waals surface area contributed by atoms with E-state index in [0.29, 0.717) is 24.2 Å². The summed E-state index contributed by atoms with van der Waals surface area (Å²) in [6.45, 7) is 3.88. The molecule has 16 heavy (non-hydrogen) atoms. The molecule has 1 aliphatic rings. The molecule has 1 saturated carbocycles. The van der Waals surface area contributed by atoms with E-state index < -0.39 is 5.67 Å². The average molecular weight is 223 g/mol. The van der Waals surface area contributed by atoms with Gasteiger partial charge in [-0.25, -0.2) is 4.39 Å². The summed E-state index contributed by atoms with van der Waals surface area (Å²) in [6, 6.07) is 7.30. The lowest BCUT2D eigenvalue weighted by Gasteiger charge is -2.40. The summed E-state index contributed by atoms with van der Waals surface area (Å²) in [6.07, 6.45) is 0.843. The van der Waals surface area contributed by atoms with Gasteiger partial charge in [-0.1, -0.05) is 18.2 Å². The minimum absolute atomic E-state index is 0.0166. The summed E-state index contributed by atoms with van der Waals surface area (Å²) < 4.78 is 20.1. The normalized spacial score (nSPS) is 28.9. The molecule has 1 aliphatic carbocycles. The predicted molar refractivity (Wildman–Crippen MR) is 62.2 cm³/mol. The van der Waals surface area contributed by atoms with E-state index in [-0.39, 0.29) is 12.1 Å². The standard InChI is InChI=1S/C13H18FNO/c1-9(2)16-12-6-4-3-5-11(12)13(14)7-10(15)8-13/h3-6,9-10H,7-8,15H2,1-2H3. The van der Waals surface area contributed by atoms with E-state index in [0.717, 1.165) is 0 Å². The fourth-order valence-electron chi connectivity index (χ4n) is 2.18. The quantitative estimate of drug-likeness (QED) is 0.855. The second kappa shape index (κ2) is 4.06. The van der Waals surface area contributed by atoms with Crippen LogP contribution in [0.2, 0.25) is 0 Å². The first-order valence-corrected chi connectivity index (χ1v) is 5.72. The Morgan fingerprint density at radius 3 is 2.56 bits per heavy atom. The topological polar surface area (TPSA) is 35.2 Å². The molecule has 0 atom stereocenters. The Balaban J connectivity index is 2.26. The van der Waals surface area contributed by atoms with Gasteiger partial charge in [0.2, 0.25) is 0 Å². The van der Waals surface area contributed by atoms with Crippen molar-refractivity contribution >= 4 is 0 Å². The Kier molecular flexibility index (Phi) is 2.89. The molecule has 0 amide bonds. The van der Waals surface area contributed by atoms with Crippen LogP contribution in [0.1, 0.15) is 32.3 Å². The smallest absolute Gasteiger partial charge is 0.142 e. The lowest BCUT2D eigenvalue weighted by atomic mass is 9.73. The van der Waals surface area contributed by atoms with Crippen molar-refractivity contribution in [3.63, 3.8) is 0 Å². The highest BCUT2D eigenvalue weighted by Gasteiger charge is 2.46. The van der Waals surface area contributed by atoms with Crippen LogP contribution < -0.4 is 10.5 Å². The van der Waals surface area contributed by atoms with Gasteiger partial charge in [0.05, 0.1) is 6.10 Å². The van der Waals surface area contributed by atoms with Crippen LogP contribution in [-0.2, 0) is 5.67 Å². The number of nitrogens with two attached hydrogens (primary N) is 1. The molecule has 0 saturated heterocycles. The molecule has 0 aromatic heterocycles. The van der Waals surface area contributed by atoms with Gasteiger partial charge in [-0.3, -0.25) is 0 Å². The molecule has 3 heteroatoms. The van der Waals surface area contributed by atoms with E-state index in [1.165, 1.54) is 0 Å². The zero-order valence-corrected chi connectivity index (χ0v) is 9.74. The molecule has 0 bridgehead atoms. The number of benzene rings is 1. The van der Waals surface area contributed by atoms with Crippen LogP contribution in [0.3, 0.4) is 0 Å². The first-order chi connectivity index (χ1) is 7.51. The van der Waals surface area contributed by atoms with Crippen molar-refractivity contribution < 1.29 is 9.13 Å². The maximum atomic E-state index is 14.4. The van der Waals surface area contributed by atoms with Crippen molar-refractivity contribution in [1.82, 2.24) is 0 Å². The number of para-hydroxylation sites is 1. The molecule has 2 nitrogen and oxygen atoms in total. The highest BCUT2D eigenvalue weighted by atomic mass is 19.1. The van der Waals surface area contributed by atoms with E-state index in [9.17, 15) is 4.39 Å². The molecular formula is C13H18FNO. The number of alkyl halides is 1. The number of halogens is 1. The molecule has 88 valence electrons. The van der Waals surface area contributed by atoms with Crippen LogP contribution in [0.15, 0.2) is 24.3 Å². The second-order valence-corrected chi connectivity index (χ2v) is 4.80. The lowest BCUT2D eigenvalue weighted by molar-refractivity contribution is 0.0363. The van der Waals surface area contributed by atoms with Crippen molar-refractivity contribution in [2.45, 2.75) is 44.5 Å². The lowest BCUT2D eigenvalue weighted by Crippen LogP contribution is -2.46. The van der Waals surface area contributed by atoms with Crippen LogP contribution in [0.4, 0.5) is 4.39 Å². The second-order valence-electron chi connectivity index (χ2n) is 4.80. The molecular weight excluding hydrogens is 205 g/mol. The molecule has 2 rings (SSSR count). The molecule has 0 unspecified atom stereocenters. The van der Waals surface area contributed by atoms with E-state index in [1.54, 1.807) is 6.07 Å². The van der Waals surface area contributed by atoms with Gasteiger partial charge < -0.3 is 10.5 Å².